The van der Waals surface area contributed by atoms with Crippen molar-refractivity contribution < 1.29 is 33.7 Å². The fourth-order valence-corrected chi connectivity index (χ4v) is 6.96. The Morgan fingerprint density at radius 2 is 2.26 bits per heavy atom. The summed E-state index contributed by atoms with van der Waals surface area (Å²) >= 11 is 3.71. The molecular formula is C21H21N9O6S3. The van der Waals surface area contributed by atoms with Crippen molar-refractivity contribution in [2.45, 2.75) is 24.4 Å². The Morgan fingerprint density at radius 3 is 2.95 bits per heavy atom. The van der Waals surface area contributed by atoms with Gasteiger partial charge in [0.2, 0.25) is 22.8 Å². The van der Waals surface area contributed by atoms with E-state index in [1.807, 2.05) is 26.7 Å². The molecule has 5 heterocycles. The first kappa shape index (κ1) is 26.6. The fraction of sp³-hybridized carbons (Fsp3) is 0.333. The van der Waals surface area contributed by atoms with E-state index in [4.69, 9.17) is 10.6 Å². The molecule has 2 aliphatic heterocycles. The van der Waals surface area contributed by atoms with Crippen LogP contribution in [0.5, 0.6) is 0 Å². The van der Waals surface area contributed by atoms with Gasteiger partial charge in [0.15, 0.2) is 5.13 Å². The van der Waals surface area contributed by atoms with E-state index in [0.717, 1.165) is 27.1 Å². The third kappa shape index (κ3) is 4.92. The Balaban J connectivity index is 1.37. The Morgan fingerprint density at radius 1 is 1.44 bits per heavy atom. The number of imidazole rings is 1. The molecule has 0 spiro atoms. The highest BCUT2D eigenvalue weighted by molar-refractivity contribution is 8.00. The molecule has 3 aromatic heterocycles. The second-order valence-electron chi connectivity index (χ2n) is 8.29. The summed E-state index contributed by atoms with van der Waals surface area (Å²) in [4.78, 5) is 59.7. The van der Waals surface area contributed by atoms with E-state index >= 15 is 0 Å². The molecule has 0 radical (unpaired) electrons. The molecule has 3 amide bonds. The minimum atomic E-state index is -1.48. The first-order valence-corrected chi connectivity index (χ1v) is 14.1. The van der Waals surface area contributed by atoms with Gasteiger partial charge in [0, 0.05) is 34.8 Å². The number of thioether (sulfide) groups is 1. The number of nitrogens with zero attached hydrogens (tertiary/aromatic N) is 6. The number of carbonyl (C=O) groups is 4. The lowest BCUT2D eigenvalue weighted by Gasteiger charge is -2.50. The quantitative estimate of drug-likeness (QED) is 0.0533. The van der Waals surface area contributed by atoms with Crippen LogP contribution in [0.1, 0.15) is 11.6 Å². The van der Waals surface area contributed by atoms with Crippen molar-refractivity contribution >= 4 is 74.5 Å². The zero-order valence-corrected chi connectivity index (χ0v) is 22.7. The molecule has 0 unspecified atom stereocenters. The number of nitrogen functional groups attached to an aromatic ring is 1. The minimum absolute atomic E-state index is 0.0574. The van der Waals surface area contributed by atoms with Gasteiger partial charge in [-0.15, -0.1) is 11.8 Å². The molecule has 0 aromatic carbocycles. The third-order valence-corrected chi connectivity index (χ3v) is 8.71. The highest BCUT2D eigenvalue weighted by Crippen LogP contribution is 2.40. The molecule has 3 aromatic rings. The van der Waals surface area contributed by atoms with E-state index in [-0.39, 0.29) is 34.7 Å². The number of amides is 3. The molecule has 18 heteroatoms. The maximum absolute atomic E-state index is 13.1. The number of nitrogens with two attached hydrogens (primary N) is 1. The number of carboxylic acids is 1. The molecule has 39 heavy (non-hydrogen) atoms. The molecule has 0 saturated carbocycles. The molecular weight excluding hydrogens is 570 g/mol. The Bertz CT molecular complexity index is 1530. The average Bonchev–Trinajstić information content (AvgIpc) is 3.62. The lowest BCUT2D eigenvalue weighted by Crippen LogP contribution is -2.71. The van der Waals surface area contributed by atoms with E-state index in [2.05, 4.69) is 25.1 Å². The first-order chi connectivity index (χ1) is 18.8. The largest absolute Gasteiger partial charge is 0.543 e. The summed E-state index contributed by atoms with van der Waals surface area (Å²) in [7, 11) is 1.24. The third-order valence-electron chi connectivity index (χ3n) is 6.03. The van der Waals surface area contributed by atoms with Gasteiger partial charge in [-0.3, -0.25) is 19.3 Å². The molecule has 5 rings (SSSR count). The van der Waals surface area contributed by atoms with Crippen LogP contribution in [-0.4, -0.2) is 79.4 Å². The van der Waals surface area contributed by atoms with Gasteiger partial charge in [0.25, 0.3) is 17.6 Å². The van der Waals surface area contributed by atoms with Crippen molar-refractivity contribution in [2.75, 3.05) is 25.1 Å². The molecule has 0 bridgehead atoms. The number of fused-ring (bicyclic) bond motifs is 2. The van der Waals surface area contributed by atoms with Gasteiger partial charge in [0.1, 0.15) is 37.5 Å². The molecule has 0 aliphatic carbocycles. The fourth-order valence-electron chi connectivity index (χ4n) is 4.40. The number of nitrogens with one attached hydrogen (secondary N) is 2. The van der Waals surface area contributed by atoms with Gasteiger partial charge in [0.05, 0.1) is 18.1 Å². The predicted octanol–water partition coefficient (Wildman–Crippen LogP) is -2.53. The van der Waals surface area contributed by atoms with Gasteiger partial charge in [-0.2, -0.15) is 13.8 Å². The number of anilines is 1. The summed E-state index contributed by atoms with van der Waals surface area (Å²) in [6, 6.07) is -1.01. The number of oxime groups is 1. The monoisotopic (exact) mass is 591 g/mol. The molecule has 2 aliphatic rings. The Hall–Kier alpha value is -4.03. The molecule has 204 valence electrons. The molecule has 1 saturated heterocycles. The topological polar surface area (TPSA) is 200 Å². The van der Waals surface area contributed by atoms with Crippen molar-refractivity contribution in [1.29, 1.82) is 0 Å². The van der Waals surface area contributed by atoms with Crippen LogP contribution in [0.25, 0.3) is 4.83 Å². The van der Waals surface area contributed by atoms with Gasteiger partial charge in [-0.25, -0.2) is 4.57 Å². The SMILES string of the molecule is CO/N=C(\C(=O)N[C@@H]1C(=O)N2C(C(=O)[O-])=C(C[n+]3cc4sccn4c3CCNC=O)CS[C@H]12)c1nsc(N)n1. The zero-order valence-electron chi connectivity index (χ0n) is 20.2. The van der Waals surface area contributed by atoms with Gasteiger partial charge in [-0.05, 0) is 0 Å². The van der Waals surface area contributed by atoms with Crippen LogP contribution < -0.4 is 26.0 Å². The van der Waals surface area contributed by atoms with Crippen LogP contribution in [-0.2, 0) is 37.0 Å². The normalized spacial score (nSPS) is 19.1. The van der Waals surface area contributed by atoms with Crippen molar-refractivity contribution in [3.05, 3.63) is 40.7 Å². The van der Waals surface area contributed by atoms with E-state index in [9.17, 15) is 24.3 Å². The van der Waals surface area contributed by atoms with E-state index in [1.54, 1.807) is 0 Å². The highest BCUT2D eigenvalue weighted by Gasteiger charge is 2.53. The van der Waals surface area contributed by atoms with Gasteiger partial charge >= 0.3 is 0 Å². The lowest BCUT2D eigenvalue weighted by atomic mass is 10.0. The number of aromatic nitrogens is 4. The van der Waals surface area contributed by atoms with Crippen molar-refractivity contribution in [3.8, 4) is 0 Å². The highest BCUT2D eigenvalue weighted by atomic mass is 32.2. The second-order valence-corrected chi connectivity index (χ2v) is 11.1. The molecule has 15 nitrogen and oxygen atoms in total. The van der Waals surface area contributed by atoms with Gasteiger partial charge < -0.3 is 31.1 Å². The molecule has 2 atom stereocenters. The maximum Gasteiger partial charge on any atom is 0.278 e. The number of hydrogen-bond acceptors (Lipinski definition) is 13. The number of rotatable bonds is 11. The minimum Gasteiger partial charge on any atom is -0.543 e. The first-order valence-electron chi connectivity index (χ1n) is 11.4. The van der Waals surface area contributed by atoms with Crippen LogP contribution >= 0.6 is 34.6 Å². The Kier molecular flexibility index (Phi) is 7.49. The Labute approximate surface area is 232 Å². The smallest absolute Gasteiger partial charge is 0.278 e. The van der Waals surface area contributed by atoms with Crippen LogP contribution in [0.4, 0.5) is 5.13 Å². The molecule has 4 N–H and O–H groups in total. The van der Waals surface area contributed by atoms with E-state index < -0.39 is 29.2 Å². The summed E-state index contributed by atoms with van der Waals surface area (Å²) in [6.45, 7) is 0.605. The number of aliphatic carboxylic acids is 1. The standard InChI is InChI=1S/C21H21N9O6S3/c1-36-26-13(16-25-21(22)39-27-16)17(32)24-14-18(33)30-15(20(34)35)10(8-38-19(14)30)6-28-7-12-29(4-5-37-12)11(28)2-3-23-9-31/h4-5,7,9,14,19H,2-3,6,8H2,1H3,(H4-,22,23,24,25,27,31,32,34,35)/b26-13-/t14-,19-/m1/s1. The lowest BCUT2D eigenvalue weighted by molar-refractivity contribution is -0.694. The van der Waals surface area contributed by atoms with Crippen LogP contribution in [0.15, 0.2) is 34.2 Å². The van der Waals surface area contributed by atoms with E-state index in [0.29, 0.717) is 24.9 Å². The zero-order chi connectivity index (χ0) is 27.7. The number of thiazole rings is 1. The second kappa shape index (κ2) is 11.0. The summed E-state index contributed by atoms with van der Waals surface area (Å²) in [5, 5.41) is 22.5. The number of hydrogen-bond donors (Lipinski definition) is 3. The summed E-state index contributed by atoms with van der Waals surface area (Å²) in [5.41, 5.74) is 5.60. The van der Waals surface area contributed by atoms with Crippen LogP contribution in [0, 0.1) is 0 Å². The van der Waals surface area contributed by atoms with Crippen molar-refractivity contribution in [3.63, 3.8) is 0 Å². The number of β-lactam (4-membered cyclic amide) rings is 1. The van der Waals surface area contributed by atoms with E-state index in [1.165, 1.54) is 30.2 Å². The van der Waals surface area contributed by atoms with Crippen molar-refractivity contribution in [2.24, 2.45) is 5.16 Å². The molecule has 1 fully saturated rings. The maximum atomic E-state index is 13.1. The predicted molar refractivity (Wildman–Crippen MR) is 138 cm³/mol. The number of carboxylic acid groups (broad SMARTS) is 1. The summed E-state index contributed by atoms with van der Waals surface area (Å²) in [6.07, 6.45) is 4.92. The summed E-state index contributed by atoms with van der Waals surface area (Å²) in [5.74, 6) is -1.76. The van der Waals surface area contributed by atoms with Crippen molar-refractivity contribution in [1.82, 2.24) is 29.3 Å². The van der Waals surface area contributed by atoms with Crippen LogP contribution in [0.2, 0.25) is 0 Å². The summed E-state index contributed by atoms with van der Waals surface area (Å²) < 4.78 is 7.83. The van der Waals surface area contributed by atoms with Gasteiger partial charge in [-0.1, -0.05) is 16.5 Å². The average molecular weight is 592 g/mol. The van der Waals surface area contributed by atoms with Crippen LogP contribution in [0.3, 0.4) is 0 Å². The number of carbonyl (C=O) groups excluding carboxylic acids is 4.